The van der Waals surface area contributed by atoms with Crippen LogP contribution in [-0.4, -0.2) is 39.3 Å². The zero-order chi connectivity index (χ0) is 18.9. The van der Waals surface area contributed by atoms with Crippen LogP contribution < -0.4 is 0 Å². The molecule has 0 aromatic carbocycles. The van der Waals surface area contributed by atoms with Gasteiger partial charge in [-0.1, -0.05) is 5.16 Å². The first-order valence-electron chi connectivity index (χ1n) is 8.94. The van der Waals surface area contributed by atoms with Crippen molar-refractivity contribution in [2.45, 2.75) is 18.8 Å². The molecule has 1 amide bonds. The fourth-order valence-electron chi connectivity index (χ4n) is 3.30. The minimum Gasteiger partial charge on any atom is -0.472 e. The van der Waals surface area contributed by atoms with Gasteiger partial charge in [0, 0.05) is 25.1 Å². The Balaban J connectivity index is 1.23. The van der Waals surface area contributed by atoms with Crippen LogP contribution in [0.15, 0.2) is 60.8 Å². The molecule has 0 spiro atoms. The molecule has 0 N–H and O–H groups in total. The minimum absolute atomic E-state index is 0.119. The molecule has 1 aliphatic rings. The Hall–Kier alpha value is -3.62. The fraction of sp³-hybridized carbons (Fsp3) is 0.263. The van der Waals surface area contributed by atoms with Crippen LogP contribution in [-0.2, 0) is 0 Å². The summed E-state index contributed by atoms with van der Waals surface area (Å²) in [7, 11) is 0. The molecule has 0 saturated carbocycles. The van der Waals surface area contributed by atoms with Gasteiger partial charge < -0.3 is 22.7 Å². The van der Waals surface area contributed by atoms with Crippen molar-refractivity contribution in [3.63, 3.8) is 0 Å². The standard InChI is InChI=1S/C19H16N4O5/c24-19(14-10-16(28-22-14)15-2-1-8-26-15)23-6-3-12(4-7-23)17-20-21-18(27-17)13-5-9-25-11-13/h1-2,5,8-12H,3-4,6-7H2. The number of aromatic nitrogens is 3. The number of hydrogen-bond donors (Lipinski definition) is 0. The zero-order valence-corrected chi connectivity index (χ0v) is 14.8. The van der Waals surface area contributed by atoms with Gasteiger partial charge in [-0.2, -0.15) is 0 Å². The fourth-order valence-corrected chi connectivity index (χ4v) is 3.30. The van der Waals surface area contributed by atoms with E-state index in [0.717, 1.165) is 18.4 Å². The number of rotatable bonds is 4. The molecule has 0 unspecified atom stereocenters. The van der Waals surface area contributed by atoms with E-state index in [4.69, 9.17) is 17.8 Å². The molecule has 4 aromatic rings. The van der Waals surface area contributed by atoms with Gasteiger partial charge in [-0.25, -0.2) is 0 Å². The Morgan fingerprint density at radius 2 is 2.00 bits per heavy atom. The first kappa shape index (κ1) is 16.5. The molecule has 5 rings (SSSR count). The summed E-state index contributed by atoms with van der Waals surface area (Å²) in [6.45, 7) is 1.16. The molecular weight excluding hydrogens is 364 g/mol. The van der Waals surface area contributed by atoms with Crippen molar-refractivity contribution in [2.75, 3.05) is 13.1 Å². The van der Waals surface area contributed by atoms with Crippen molar-refractivity contribution in [1.82, 2.24) is 20.3 Å². The summed E-state index contributed by atoms with van der Waals surface area (Å²) < 4.78 is 21.3. The molecule has 28 heavy (non-hydrogen) atoms. The summed E-state index contributed by atoms with van der Waals surface area (Å²) in [5.41, 5.74) is 1.02. The van der Waals surface area contributed by atoms with Gasteiger partial charge in [-0.15, -0.1) is 10.2 Å². The van der Waals surface area contributed by atoms with Gasteiger partial charge in [0.1, 0.15) is 6.26 Å². The highest BCUT2D eigenvalue weighted by atomic mass is 16.5. The van der Waals surface area contributed by atoms with Crippen molar-refractivity contribution < 1.29 is 22.6 Å². The second kappa shape index (κ2) is 6.84. The van der Waals surface area contributed by atoms with Gasteiger partial charge in [0.2, 0.25) is 11.7 Å². The first-order valence-corrected chi connectivity index (χ1v) is 8.94. The zero-order valence-electron chi connectivity index (χ0n) is 14.8. The van der Waals surface area contributed by atoms with Crippen LogP contribution in [0.25, 0.3) is 23.0 Å². The van der Waals surface area contributed by atoms with E-state index in [1.807, 2.05) is 0 Å². The summed E-state index contributed by atoms with van der Waals surface area (Å²) in [5, 5.41) is 12.1. The summed E-state index contributed by atoms with van der Waals surface area (Å²) >= 11 is 0. The number of carbonyl (C=O) groups excluding carboxylic acids is 1. The van der Waals surface area contributed by atoms with Crippen LogP contribution in [0.4, 0.5) is 0 Å². The Bertz CT molecular complexity index is 1060. The SMILES string of the molecule is O=C(c1cc(-c2ccco2)on1)N1CCC(c2nnc(-c3ccoc3)o2)CC1. The van der Waals surface area contributed by atoms with Crippen molar-refractivity contribution in [1.29, 1.82) is 0 Å². The maximum Gasteiger partial charge on any atom is 0.276 e. The van der Waals surface area contributed by atoms with Crippen molar-refractivity contribution in [2.24, 2.45) is 0 Å². The van der Waals surface area contributed by atoms with Gasteiger partial charge in [0.15, 0.2) is 11.5 Å². The lowest BCUT2D eigenvalue weighted by Crippen LogP contribution is -2.38. The van der Waals surface area contributed by atoms with Gasteiger partial charge in [-0.3, -0.25) is 4.79 Å². The third kappa shape index (κ3) is 3.00. The predicted octanol–water partition coefficient (Wildman–Crippen LogP) is 3.60. The monoisotopic (exact) mass is 380 g/mol. The molecule has 0 bridgehead atoms. The lowest BCUT2D eigenvalue weighted by atomic mass is 9.96. The first-order chi connectivity index (χ1) is 13.8. The smallest absolute Gasteiger partial charge is 0.276 e. The van der Waals surface area contributed by atoms with Gasteiger partial charge in [-0.05, 0) is 31.0 Å². The lowest BCUT2D eigenvalue weighted by molar-refractivity contribution is 0.0696. The molecule has 0 atom stereocenters. The average molecular weight is 380 g/mol. The summed E-state index contributed by atoms with van der Waals surface area (Å²) in [4.78, 5) is 14.5. The Morgan fingerprint density at radius 3 is 2.75 bits per heavy atom. The van der Waals surface area contributed by atoms with Crippen LogP contribution in [0, 0.1) is 0 Å². The highest BCUT2D eigenvalue weighted by Crippen LogP contribution is 2.30. The second-order valence-electron chi connectivity index (χ2n) is 6.58. The highest BCUT2D eigenvalue weighted by molar-refractivity contribution is 5.93. The summed E-state index contributed by atoms with van der Waals surface area (Å²) in [6.07, 6.45) is 6.14. The van der Waals surface area contributed by atoms with Crippen LogP contribution in [0.3, 0.4) is 0 Å². The number of likely N-dealkylation sites (tertiary alicyclic amines) is 1. The third-order valence-electron chi connectivity index (χ3n) is 4.83. The second-order valence-corrected chi connectivity index (χ2v) is 6.58. The molecule has 5 heterocycles. The number of furan rings is 2. The molecular formula is C19H16N4O5. The van der Waals surface area contributed by atoms with E-state index in [1.165, 1.54) is 0 Å². The molecule has 0 radical (unpaired) electrons. The molecule has 0 aliphatic carbocycles. The third-order valence-corrected chi connectivity index (χ3v) is 4.83. The number of piperidine rings is 1. The highest BCUT2D eigenvalue weighted by Gasteiger charge is 2.29. The van der Waals surface area contributed by atoms with E-state index < -0.39 is 0 Å². The molecule has 1 aliphatic heterocycles. The van der Waals surface area contributed by atoms with Gasteiger partial charge >= 0.3 is 0 Å². The van der Waals surface area contributed by atoms with Gasteiger partial charge in [0.05, 0.1) is 18.1 Å². The van der Waals surface area contributed by atoms with E-state index in [0.29, 0.717) is 36.4 Å². The van der Waals surface area contributed by atoms with Crippen LogP contribution in [0.1, 0.15) is 35.1 Å². The van der Waals surface area contributed by atoms with Crippen LogP contribution in [0.2, 0.25) is 0 Å². The largest absolute Gasteiger partial charge is 0.472 e. The maximum atomic E-state index is 12.7. The number of carbonyl (C=O) groups is 1. The van der Waals surface area contributed by atoms with Crippen LogP contribution in [0.5, 0.6) is 0 Å². The van der Waals surface area contributed by atoms with Crippen molar-refractivity contribution in [3.8, 4) is 23.0 Å². The van der Waals surface area contributed by atoms with Crippen molar-refractivity contribution >= 4 is 5.91 Å². The average Bonchev–Trinajstić information content (AvgIpc) is 3.52. The summed E-state index contributed by atoms with van der Waals surface area (Å²) in [6, 6.07) is 6.87. The Kier molecular flexibility index (Phi) is 4.04. The molecule has 1 fully saturated rings. The quantitative estimate of drug-likeness (QED) is 0.528. The molecule has 9 nitrogen and oxygen atoms in total. The van der Waals surface area contributed by atoms with E-state index in [-0.39, 0.29) is 17.5 Å². The van der Waals surface area contributed by atoms with E-state index >= 15 is 0 Å². The summed E-state index contributed by atoms with van der Waals surface area (Å²) in [5.74, 6) is 1.95. The Labute approximate surface area is 158 Å². The lowest BCUT2D eigenvalue weighted by Gasteiger charge is -2.29. The van der Waals surface area contributed by atoms with E-state index in [1.54, 1.807) is 48.0 Å². The topological polar surface area (TPSA) is 112 Å². The Morgan fingerprint density at radius 1 is 1.11 bits per heavy atom. The normalized spacial score (nSPS) is 15.2. The van der Waals surface area contributed by atoms with Crippen molar-refractivity contribution in [3.05, 3.63) is 54.6 Å². The predicted molar refractivity (Wildman–Crippen MR) is 94.1 cm³/mol. The number of nitrogens with zero attached hydrogens (tertiary/aromatic N) is 4. The molecule has 1 saturated heterocycles. The molecule has 4 aromatic heterocycles. The number of amides is 1. The van der Waals surface area contributed by atoms with E-state index in [9.17, 15) is 4.79 Å². The molecule has 9 heteroatoms. The maximum absolute atomic E-state index is 12.7. The van der Waals surface area contributed by atoms with E-state index in [2.05, 4.69) is 15.4 Å². The number of hydrogen-bond acceptors (Lipinski definition) is 8. The van der Waals surface area contributed by atoms with Gasteiger partial charge in [0.25, 0.3) is 11.8 Å². The minimum atomic E-state index is -0.162. The van der Waals surface area contributed by atoms with Crippen LogP contribution >= 0.6 is 0 Å². The molecule has 142 valence electrons.